The lowest BCUT2D eigenvalue weighted by molar-refractivity contribution is -0.137. The first-order chi connectivity index (χ1) is 8.58. The SMILES string of the molecule is CC1CC(C(=O)N(C)CC2CCCO2)CCC1N. The van der Waals surface area contributed by atoms with Crippen LogP contribution in [0.15, 0.2) is 0 Å². The Labute approximate surface area is 110 Å². The largest absolute Gasteiger partial charge is 0.376 e. The van der Waals surface area contributed by atoms with E-state index in [4.69, 9.17) is 10.5 Å². The summed E-state index contributed by atoms with van der Waals surface area (Å²) in [6, 6.07) is 0.275. The highest BCUT2D eigenvalue weighted by molar-refractivity contribution is 5.78. The molecule has 0 aromatic rings. The summed E-state index contributed by atoms with van der Waals surface area (Å²) < 4.78 is 5.59. The Balaban J connectivity index is 1.82. The van der Waals surface area contributed by atoms with Gasteiger partial charge in [0, 0.05) is 32.2 Å². The van der Waals surface area contributed by atoms with Gasteiger partial charge >= 0.3 is 0 Å². The van der Waals surface area contributed by atoms with Crippen LogP contribution in [0.4, 0.5) is 0 Å². The minimum atomic E-state index is 0.172. The van der Waals surface area contributed by atoms with Gasteiger partial charge in [-0.05, 0) is 38.0 Å². The molecule has 18 heavy (non-hydrogen) atoms. The lowest BCUT2D eigenvalue weighted by atomic mass is 9.79. The Bertz CT molecular complexity index is 290. The van der Waals surface area contributed by atoms with Crippen molar-refractivity contribution in [2.24, 2.45) is 17.6 Å². The molecule has 4 nitrogen and oxygen atoms in total. The summed E-state index contributed by atoms with van der Waals surface area (Å²) in [7, 11) is 1.91. The third kappa shape index (κ3) is 3.23. The van der Waals surface area contributed by atoms with E-state index in [1.807, 2.05) is 11.9 Å². The number of amides is 1. The van der Waals surface area contributed by atoms with Crippen molar-refractivity contribution in [2.45, 2.75) is 51.2 Å². The summed E-state index contributed by atoms with van der Waals surface area (Å²) >= 11 is 0. The van der Waals surface area contributed by atoms with Gasteiger partial charge < -0.3 is 15.4 Å². The molecule has 2 fully saturated rings. The Kier molecular flexibility index (Phi) is 4.62. The van der Waals surface area contributed by atoms with Crippen LogP contribution in [0.1, 0.15) is 39.0 Å². The number of carbonyl (C=O) groups is 1. The fraction of sp³-hybridized carbons (Fsp3) is 0.929. The van der Waals surface area contributed by atoms with E-state index in [1.54, 1.807) is 0 Å². The molecule has 1 saturated carbocycles. The van der Waals surface area contributed by atoms with Gasteiger partial charge in [0.25, 0.3) is 0 Å². The van der Waals surface area contributed by atoms with Crippen LogP contribution in [0.5, 0.6) is 0 Å². The van der Waals surface area contributed by atoms with Crippen molar-refractivity contribution in [2.75, 3.05) is 20.2 Å². The third-order valence-electron chi connectivity index (χ3n) is 4.46. The third-order valence-corrected chi connectivity index (χ3v) is 4.46. The van der Waals surface area contributed by atoms with Crippen molar-refractivity contribution in [1.29, 1.82) is 0 Å². The molecule has 4 heteroatoms. The van der Waals surface area contributed by atoms with Crippen LogP contribution in [0, 0.1) is 11.8 Å². The number of rotatable bonds is 3. The van der Waals surface area contributed by atoms with Gasteiger partial charge in [0.2, 0.25) is 5.91 Å². The van der Waals surface area contributed by atoms with Crippen molar-refractivity contribution < 1.29 is 9.53 Å². The highest BCUT2D eigenvalue weighted by atomic mass is 16.5. The molecular formula is C14H26N2O2. The predicted octanol–water partition coefficient (Wildman–Crippen LogP) is 1.39. The summed E-state index contributed by atoms with van der Waals surface area (Å²) in [6.07, 6.45) is 5.33. The highest BCUT2D eigenvalue weighted by Gasteiger charge is 2.32. The second kappa shape index (κ2) is 6.02. The molecule has 0 radical (unpaired) electrons. The molecular weight excluding hydrogens is 228 g/mol. The van der Waals surface area contributed by atoms with E-state index in [9.17, 15) is 4.79 Å². The maximum Gasteiger partial charge on any atom is 0.225 e. The lowest BCUT2D eigenvalue weighted by Gasteiger charge is -2.33. The van der Waals surface area contributed by atoms with E-state index in [2.05, 4.69) is 6.92 Å². The first-order valence-corrected chi connectivity index (χ1v) is 7.20. The monoisotopic (exact) mass is 254 g/mol. The molecule has 1 saturated heterocycles. The Morgan fingerprint density at radius 3 is 2.78 bits per heavy atom. The smallest absolute Gasteiger partial charge is 0.225 e. The van der Waals surface area contributed by atoms with Crippen LogP contribution in [-0.2, 0) is 9.53 Å². The molecule has 104 valence electrons. The molecule has 0 bridgehead atoms. The number of nitrogens with two attached hydrogens (primary N) is 1. The molecule has 2 rings (SSSR count). The van der Waals surface area contributed by atoms with Crippen molar-refractivity contribution in [3.8, 4) is 0 Å². The second-order valence-corrected chi connectivity index (χ2v) is 6.00. The van der Waals surface area contributed by atoms with Crippen LogP contribution in [0.2, 0.25) is 0 Å². The van der Waals surface area contributed by atoms with Gasteiger partial charge in [0.1, 0.15) is 0 Å². The van der Waals surface area contributed by atoms with Gasteiger partial charge in [0.15, 0.2) is 0 Å². The summed E-state index contributed by atoms with van der Waals surface area (Å²) in [6.45, 7) is 3.75. The van der Waals surface area contributed by atoms with Crippen molar-refractivity contribution in [3.05, 3.63) is 0 Å². The number of hydrogen-bond acceptors (Lipinski definition) is 3. The van der Waals surface area contributed by atoms with E-state index < -0.39 is 0 Å². The average Bonchev–Trinajstić information content (AvgIpc) is 2.84. The van der Waals surface area contributed by atoms with Gasteiger partial charge in [0.05, 0.1) is 6.10 Å². The summed E-state index contributed by atoms with van der Waals surface area (Å²) in [5.74, 6) is 0.916. The first-order valence-electron chi connectivity index (χ1n) is 7.20. The Morgan fingerprint density at radius 1 is 1.39 bits per heavy atom. The van der Waals surface area contributed by atoms with Crippen LogP contribution in [-0.4, -0.2) is 43.2 Å². The molecule has 1 heterocycles. The molecule has 4 atom stereocenters. The summed E-state index contributed by atoms with van der Waals surface area (Å²) in [4.78, 5) is 14.2. The van der Waals surface area contributed by atoms with Gasteiger partial charge in [-0.3, -0.25) is 4.79 Å². The highest BCUT2D eigenvalue weighted by Crippen LogP contribution is 2.29. The molecule has 2 aliphatic rings. The Morgan fingerprint density at radius 2 is 2.17 bits per heavy atom. The number of carbonyl (C=O) groups excluding carboxylic acids is 1. The van der Waals surface area contributed by atoms with Crippen LogP contribution >= 0.6 is 0 Å². The fourth-order valence-electron chi connectivity index (χ4n) is 3.14. The van der Waals surface area contributed by atoms with E-state index in [1.165, 1.54) is 0 Å². The predicted molar refractivity (Wildman–Crippen MR) is 71.1 cm³/mol. The number of nitrogens with zero attached hydrogens (tertiary/aromatic N) is 1. The average molecular weight is 254 g/mol. The number of likely N-dealkylation sites (N-methyl/N-ethyl adjacent to an activating group) is 1. The minimum absolute atomic E-state index is 0.172. The van der Waals surface area contributed by atoms with Crippen molar-refractivity contribution in [1.82, 2.24) is 4.90 Å². The molecule has 1 amide bonds. The van der Waals surface area contributed by atoms with E-state index in [0.29, 0.717) is 5.92 Å². The molecule has 4 unspecified atom stereocenters. The summed E-state index contributed by atoms with van der Waals surface area (Å²) in [5, 5.41) is 0. The zero-order chi connectivity index (χ0) is 13.1. The zero-order valence-electron chi connectivity index (χ0n) is 11.6. The normalized spacial score (nSPS) is 36.6. The molecule has 0 aromatic heterocycles. The quantitative estimate of drug-likeness (QED) is 0.828. The molecule has 1 aliphatic carbocycles. The summed E-state index contributed by atoms with van der Waals surface area (Å²) in [5.41, 5.74) is 6.00. The topological polar surface area (TPSA) is 55.6 Å². The van der Waals surface area contributed by atoms with E-state index >= 15 is 0 Å². The van der Waals surface area contributed by atoms with Gasteiger partial charge in [-0.25, -0.2) is 0 Å². The minimum Gasteiger partial charge on any atom is -0.376 e. The molecule has 2 N–H and O–H groups in total. The maximum absolute atomic E-state index is 12.4. The van der Waals surface area contributed by atoms with Crippen LogP contribution < -0.4 is 5.73 Å². The standard InChI is InChI=1S/C14H26N2O2/c1-10-8-11(5-6-13(10)15)14(17)16(2)9-12-4-3-7-18-12/h10-13H,3-9,15H2,1-2H3. The van der Waals surface area contributed by atoms with Crippen LogP contribution in [0.25, 0.3) is 0 Å². The van der Waals surface area contributed by atoms with Gasteiger partial charge in [-0.2, -0.15) is 0 Å². The fourth-order valence-corrected chi connectivity index (χ4v) is 3.14. The molecule has 1 aliphatic heterocycles. The number of hydrogen-bond donors (Lipinski definition) is 1. The van der Waals surface area contributed by atoms with Gasteiger partial charge in [-0.1, -0.05) is 6.92 Å². The maximum atomic E-state index is 12.4. The molecule has 0 aromatic carbocycles. The lowest BCUT2D eigenvalue weighted by Crippen LogP contribution is -2.43. The van der Waals surface area contributed by atoms with Gasteiger partial charge in [-0.15, -0.1) is 0 Å². The number of ether oxygens (including phenoxy) is 1. The van der Waals surface area contributed by atoms with Crippen LogP contribution in [0.3, 0.4) is 0 Å². The van der Waals surface area contributed by atoms with E-state index in [-0.39, 0.29) is 24.0 Å². The zero-order valence-corrected chi connectivity index (χ0v) is 11.6. The Hall–Kier alpha value is -0.610. The van der Waals surface area contributed by atoms with Crippen molar-refractivity contribution >= 4 is 5.91 Å². The first kappa shape index (κ1) is 13.8. The second-order valence-electron chi connectivity index (χ2n) is 6.00. The van der Waals surface area contributed by atoms with E-state index in [0.717, 1.165) is 45.3 Å². The molecule has 0 spiro atoms. The van der Waals surface area contributed by atoms with Crippen molar-refractivity contribution in [3.63, 3.8) is 0 Å².